The molecule has 2 unspecified atom stereocenters. The van der Waals surface area contributed by atoms with Gasteiger partial charge in [-0.05, 0) is 68.3 Å². The highest BCUT2D eigenvalue weighted by atomic mass is 16.5. The van der Waals surface area contributed by atoms with Crippen molar-refractivity contribution in [3.8, 4) is 11.8 Å². The van der Waals surface area contributed by atoms with Crippen LogP contribution in [0.15, 0.2) is 48.5 Å². The van der Waals surface area contributed by atoms with Crippen molar-refractivity contribution in [2.75, 3.05) is 26.8 Å². The van der Waals surface area contributed by atoms with Gasteiger partial charge in [-0.2, -0.15) is 5.26 Å². The molecule has 2 aromatic carbocycles. The number of nitriles is 1. The van der Waals surface area contributed by atoms with Crippen molar-refractivity contribution < 1.29 is 19.1 Å². The Hall–Kier alpha value is -3.37. The summed E-state index contributed by atoms with van der Waals surface area (Å²) in [5.74, 6) is 0.341. The Morgan fingerprint density at radius 1 is 1.16 bits per heavy atom. The Kier molecular flexibility index (Phi) is 8.23. The van der Waals surface area contributed by atoms with Crippen LogP contribution in [0.3, 0.4) is 0 Å². The van der Waals surface area contributed by atoms with Crippen molar-refractivity contribution >= 4 is 11.9 Å². The van der Waals surface area contributed by atoms with Crippen LogP contribution in [-0.4, -0.2) is 49.6 Å². The molecule has 2 aromatic rings. The van der Waals surface area contributed by atoms with Gasteiger partial charge in [-0.15, -0.1) is 0 Å². The molecule has 32 heavy (non-hydrogen) atoms. The number of hydrogen-bond acceptors (Lipinski definition) is 6. The highest BCUT2D eigenvalue weighted by molar-refractivity contribution is 5.89. The summed E-state index contributed by atoms with van der Waals surface area (Å²) in [6.07, 6.45) is 2.90. The van der Waals surface area contributed by atoms with Crippen molar-refractivity contribution in [2.24, 2.45) is 0 Å². The lowest BCUT2D eigenvalue weighted by Crippen LogP contribution is -2.51. The van der Waals surface area contributed by atoms with Crippen LogP contribution >= 0.6 is 0 Å². The zero-order chi connectivity index (χ0) is 22.9. The van der Waals surface area contributed by atoms with E-state index in [0.29, 0.717) is 30.0 Å². The topological polar surface area (TPSA) is 91.7 Å². The van der Waals surface area contributed by atoms with E-state index in [4.69, 9.17) is 14.7 Å². The average Bonchev–Trinajstić information content (AvgIpc) is 2.84. The van der Waals surface area contributed by atoms with E-state index < -0.39 is 0 Å². The number of nitrogens with one attached hydrogen (secondary N) is 1. The van der Waals surface area contributed by atoms with E-state index in [2.05, 4.69) is 16.3 Å². The number of ether oxygens (including phenoxy) is 2. The van der Waals surface area contributed by atoms with Gasteiger partial charge >= 0.3 is 5.97 Å². The van der Waals surface area contributed by atoms with Crippen LogP contribution in [0.1, 0.15) is 53.7 Å². The average molecular weight is 436 g/mol. The number of amides is 1. The van der Waals surface area contributed by atoms with Crippen LogP contribution in [0.2, 0.25) is 0 Å². The number of methoxy groups -OCH3 is 1. The lowest BCUT2D eigenvalue weighted by Gasteiger charge is -2.35. The van der Waals surface area contributed by atoms with Crippen LogP contribution in [-0.2, 0) is 9.53 Å². The van der Waals surface area contributed by atoms with Crippen molar-refractivity contribution in [1.82, 2.24) is 10.2 Å². The molecule has 7 heteroatoms. The molecule has 168 valence electrons. The number of esters is 1. The molecular weight excluding hydrogens is 406 g/mol. The molecule has 1 aliphatic heterocycles. The number of benzene rings is 2. The van der Waals surface area contributed by atoms with Crippen molar-refractivity contribution in [3.05, 3.63) is 65.2 Å². The van der Waals surface area contributed by atoms with Crippen LogP contribution in [0.25, 0.3) is 0 Å². The van der Waals surface area contributed by atoms with Gasteiger partial charge in [0.1, 0.15) is 12.4 Å². The molecule has 1 fully saturated rings. The standard InChI is InChI=1S/C25H29N3O4/c1-18(20-8-10-21(11-9-20)25(30)31-2)27-24(29)23-5-3-4-14-28(23)15-16-32-22-12-6-19(17-26)7-13-22/h6-13,18,23H,3-5,14-16H2,1-2H3,(H,27,29). The largest absolute Gasteiger partial charge is 0.492 e. The van der Waals surface area contributed by atoms with Gasteiger partial charge in [0.25, 0.3) is 0 Å². The minimum Gasteiger partial charge on any atom is -0.492 e. The first-order valence-corrected chi connectivity index (χ1v) is 10.9. The molecule has 2 atom stereocenters. The summed E-state index contributed by atoms with van der Waals surface area (Å²) in [6.45, 7) is 3.92. The number of carbonyl (C=O) groups is 2. The van der Waals surface area contributed by atoms with Crippen LogP contribution in [0.5, 0.6) is 5.75 Å². The predicted molar refractivity (Wildman–Crippen MR) is 120 cm³/mol. The van der Waals surface area contributed by atoms with E-state index in [9.17, 15) is 9.59 Å². The third-order valence-electron chi connectivity index (χ3n) is 5.74. The fourth-order valence-corrected chi connectivity index (χ4v) is 3.88. The van der Waals surface area contributed by atoms with E-state index in [0.717, 1.165) is 31.4 Å². The minimum absolute atomic E-state index is 0.00705. The molecule has 1 heterocycles. The van der Waals surface area contributed by atoms with Crippen molar-refractivity contribution in [3.63, 3.8) is 0 Å². The van der Waals surface area contributed by atoms with Gasteiger partial charge < -0.3 is 14.8 Å². The number of hydrogen-bond donors (Lipinski definition) is 1. The molecule has 0 bridgehead atoms. The summed E-state index contributed by atoms with van der Waals surface area (Å²) in [7, 11) is 1.35. The highest BCUT2D eigenvalue weighted by Gasteiger charge is 2.29. The van der Waals surface area contributed by atoms with Crippen molar-refractivity contribution in [2.45, 2.75) is 38.3 Å². The quantitative estimate of drug-likeness (QED) is 0.639. The summed E-state index contributed by atoms with van der Waals surface area (Å²) in [5, 5.41) is 12.0. The van der Waals surface area contributed by atoms with Gasteiger partial charge in [0.15, 0.2) is 0 Å². The zero-order valence-corrected chi connectivity index (χ0v) is 18.5. The molecule has 0 aliphatic carbocycles. The molecule has 7 nitrogen and oxygen atoms in total. The lowest BCUT2D eigenvalue weighted by molar-refractivity contribution is -0.128. The Labute approximate surface area is 188 Å². The fraction of sp³-hybridized carbons (Fsp3) is 0.400. The highest BCUT2D eigenvalue weighted by Crippen LogP contribution is 2.20. The van der Waals surface area contributed by atoms with Crippen LogP contribution in [0, 0.1) is 11.3 Å². The Balaban J connectivity index is 1.53. The van der Waals surface area contributed by atoms with Gasteiger partial charge in [0.05, 0.1) is 36.4 Å². The molecule has 1 amide bonds. The molecule has 1 N–H and O–H groups in total. The molecule has 1 aliphatic rings. The first kappa shape index (κ1) is 23.3. The van der Waals surface area contributed by atoms with Gasteiger partial charge in [-0.25, -0.2) is 4.79 Å². The van der Waals surface area contributed by atoms with Gasteiger partial charge in [0, 0.05) is 6.54 Å². The van der Waals surface area contributed by atoms with Gasteiger partial charge in [-0.1, -0.05) is 18.6 Å². The molecule has 3 rings (SSSR count). The molecular formula is C25H29N3O4. The minimum atomic E-state index is -0.380. The third-order valence-corrected chi connectivity index (χ3v) is 5.74. The summed E-state index contributed by atoms with van der Waals surface area (Å²) in [4.78, 5) is 26.8. The second kappa shape index (κ2) is 11.3. The number of piperidine rings is 1. The van der Waals surface area contributed by atoms with E-state index in [-0.39, 0.29) is 24.0 Å². The molecule has 0 radical (unpaired) electrons. The van der Waals surface area contributed by atoms with Crippen molar-refractivity contribution in [1.29, 1.82) is 5.26 Å². The zero-order valence-electron chi connectivity index (χ0n) is 18.5. The van der Waals surface area contributed by atoms with Gasteiger partial charge in [0.2, 0.25) is 5.91 Å². The third kappa shape index (κ3) is 6.08. The maximum atomic E-state index is 13.0. The van der Waals surface area contributed by atoms with Crippen LogP contribution < -0.4 is 10.1 Å². The molecule has 0 spiro atoms. The summed E-state index contributed by atoms with van der Waals surface area (Å²) < 4.78 is 10.5. The second-order valence-corrected chi connectivity index (χ2v) is 7.88. The number of rotatable bonds is 8. The normalized spacial score (nSPS) is 17.1. The summed E-state index contributed by atoms with van der Waals surface area (Å²) >= 11 is 0. The number of likely N-dealkylation sites (tertiary alicyclic amines) is 1. The maximum absolute atomic E-state index is 13.0. The molecule has 0 aromatic heterocycles. The van der Waals surface area contributed by atoms with Crippen LogP contribution in [0.4, 0.5) is 0 Å². The Bertz CT molecular complexity index is 951. The first-order chi connectivity index (χ1) is 15.5. The smallest absolute Gasteiger partial charge is 0.337 e. The van der Waals surface area contributed by atoms with E-state index in [1.807, 2.05) is 19.1 Å². The summed E-state index contributed by atoms with van der Waals surface area (Å²) in [6, 6.07) is 15.8. The predicted octanol–water partition coefficient (Wildman–Crippen LogP) is 3.46. The second-order valence-electron chi connectivity index (χ2n) is 7.88. The fourth-order valence-electron chi connectivity index (χ4n) is 3.88. The van der Waals surface area contributed by atoms with E-state index in [1.54, 1.807) is 36.4 Å². The molecule has 0 saturated carbocycles. The van der Waals surface area contributed by atoms with Gasteiger partial charge in [-0.3, -0.25) is 9.69 Å². The number of nitrogens with zero attached hydrogens (tertiary/aromatic N) is 2. The SMILES string of the molecule is COC(=O)c1ccc(C(C)NC(=O)C2CCCCN2CCOc2ccc(C#N)cc2)cc1. The number of carbonyl (C=O) groups excluding carboxylic acids is 2. The monoisotopic (exact) mass is 435 g/mol. The van der Waals surface area contributed by atoms with E-state index >= 15 is 0 Å². The Morgan fingerprint density at radius 3 is 2.53 bits per heavy atom. The lowest BCUT2D eigenvalue weighted by atomic mass is 10.00. The molecule has 1 saturated heterocycles. The first-order valence-electron chi connectivity index (χ1n) is 10.9. The Morgan fingerprint density at radius 2 is 1.88 bits per heavy atom. The summed E-state index contributed by atoms with van der Waals surface area (Å²) in [5.41, 5.74) is 2.01. The maximum Gasteiger partial charge on any atom is 0.337 e. The van der Waals surface area contributed by atoms with E-state index in [1.165, 1.54) is 7.11 Å².